The van der Waals surface area contributed by atoms with Gasteiger partial charge in [0, 0.05) is 12.8 Å². The molecule has 2 atom stereocenters. The van der Waals surface area contributed by atoms with Gasteiger partial charge in [0.2, 0.25) is 0 Å². The van der Waals surface area contributed by atoms with E-state index in [0.29, 0.717) is 17.4 Å². The van der Waals surface area contributed by atoms with E-state index in [1.807, 2.05) is 21.1 Å². The van der Waals surface area contributed by atoms with Crippen molar-refractivity contribution in [3.63, 3.8) is 0 Å². The van der Waals surface area contributed by atoms with Gasteiger partial charge in [0.05, 0.1) is 34.4 Å². The number of carboxylic acids is 1. The van der Waals surface area contributed by atoms with Gasteiger partial charge < -0.3 is 28.5 Å². The topological polar surface area (TPSA) is 108 Å². The van der Waals surface area contributed by atoms with E-state index in [-0.39, 0.29) is 38.2 Å². The predicted molar refractivity (Wildman–Crippen MR) is 392 cm³/mol. The molecule has 91 heavy (non-hydrogen) atoms. The van der Waals surface area contributed by atoms with E-state index in [9.17, 15) is 19.5 Å². The first-order valence-corrected chi connectivity index (χ1v) is 39.5. The fourth-order valence-corrected chi connectivity index (χ4v) is 11.8. The molecule has 0 fully saturated rings. The molecule has 0 aliphatic carbocycles. The van der Waals surface area contributed by atoms with Crippen LogP contribution in [0.4, 0.5) is 0 Å². The third-order valence-corrected chi connectivity index (χ3v) is 17.8. The molecule has 0 aromatic heterocycles. The van der Waals surface area contributed by atoms with E-state index in [4.69, 9.17) is 18.9 Å². The molecular weight excluding hydrogens is 1130 g/mol. The van der Waals surface area contributed by atoms with Crippen LogP contribution in [-0.4, -0.2) is 87.4 Å². The fourth-order valence-electron chi connectivity index (χ4n) is 11.8. The summed E-state index contributed by atoms with van der Waals surface area (Å²) in [6.07, 6.45) is 93.8. The number of nitrogens with zero attached hydrogens (tertiary/aromatic N) is 1. The van der Waals surface area contributed by atoms with Crippen LogP contribution in [0.5, 0.6) is 0 Å². The number of unbranched alkanes of at least 4 members (excludes halogenated alkanes) is 49. The molecule has 0 bridgehead atoms. The van der Waals surface area contributed by atoms with Crippen molar-refractivity contribution in [2.45, 2.75) is 399 Å². The summed E-state index contributed by atoms with van der Waals surface area (Å²) in [5, 5.41) is 9.77. The van der Waals surface area contributed by atoms with Crippen LogP contribution in [0.25, 0.3) is 0 Å². The highest BCUT2D eigenvalue weighted by Crippen LogP contribution is 2.19. The fraction of sp³-hybridized carbons (Fsp3) is 0.841. The highest BCUT2D eigenvalue weighted by Gasteiger charge is 2.25. The Kier molecular flexibility index (Phi) is 70.4. The number of ether oxygens (including phenoxy) is 4. The molecule has 0 aliphatic rings. The number of rotatable bonds is 74. The van der Waals surface area contributed by atoms with E-state index in [1.165, 1.54) is 295 Å². The summed E-state index contributed by atoms with van der Waals surface area (Å²) in [5.74, 6) is -1.97. The van der Waals surface area contributed by atoms with Crippen LogP contribution in [0.3, 0.4) is 0 Å². The van der Waals surface area contributed by atoms with Crippen LogP contribution in [-0.2, 0) is 33.3 Å². The first-order chi connectivity index (χ1) is 44.6. The van der Waals surface area contributed by atoms with Gasteiger partial charge in [-0.05, 0) is 77.0 Å². The molecule has 0 aliphatic heterocycles. The lowest BCUT2D eigenvalue weighted by Gasteiger charge is -2.25. The van der Waals surface area contributed by atoms with Crippen LogP contribution in [0.15, 0.2) is 60.8 Å². The molecule has 9 nitrogen and oxygen atoms in total. The second kappa shape index (κ2) is 72.8. The smallest absolute Gasteiger partial charge is 0.361 e. The van der Waals surface area contributed by atoms with E-state index in [2.05, 4.69) is 74.6 Å². The van der Waals surface area contributed by atoms with E-state index in [0.717, 1.165) is 64.2 Å². The summed E-state index contributed by atoms with van der Waals surface area (Å²) in [5.41, 5.74) is 0. The molecule has 0 radical (unpaired) electrons. The number of carbonyl (C=O) groups excluding carboxylic acids is 2. The van der Waals surface area contributed by atoms with Gasteiger partial charge >= 0.3 is 17.9 Å². The number of esters is 2. The highest BCUT2D eigenvalue weighted by atomic mass is 16.7. The van der Waals surface area contributed by atoms with E-state index >= 15 is 0 Å². The third kappa shape index (κ3) is 74.3. The maximum atomic E-state index is 13.0. The number of allylic oxidation sites excluding steroid dienone is 10. The minimum Gasteiger partial charge on any atom is -0.477 e. The minimum absolute atomic E-state index is 0.177. The first-order valence-electron chi connectivity index (χ1n) is 39.5. The van der Waals surface area contributed by atoms with Crippen LogP contribution >= 0.6 is 0 Å². The lowest BCUT2D eigenvalue weighted by Crippen LogP contribution is -2.40. The molecule has 1 N–H and O–H groups in total. The summed E-state index contributed by atoms with van der Waals surface area (Å²) in [6.45, 7) is 4.83. The van der Waals surface area contributed by atoms with Gasteiger partial charge in [0.15, 0.2) is 6.10 Å². The number of carbonyl (C=O) groups is 3. The second-order valence-electron chi connectivity index (χ2n) is 28.0. The zero-order valence-electron chi connectivity index (χ0n) is 61.0. The van der Waals surface area contributed by atoms with Crippen molar-refractivity contribution in [1.82, 2.24) is 0 Å². The van der Waals surface area contributed by atoms with Crippen LogP contribution in [0.2, 0.25) is 0 Å². The average molecular weight is 1280 g/mol. The van der Waals surface area contributed by atoms with Crippen molar-refractivity contribution in [2.24, 2.45) is 0 Å². The second-order valence-corrected chi connectivity index (χ2v) is 28.0. The zero-order chi connectivity index (χ0) is 66.1. The van der Waals surface area contributed by atoms with Gasteiger partial charge in [-0.1, -0.05) is 357 Å². The van der Waals surface area contributed by atoms with Crippen molar-refractivity contribution in [2.75, 3.05) is 47.5 Å². The number of hydrogen-bond acceptors (Lipinski definition) is 7. The standard InChI is InChI=1S/C82H151NO8/c1-6-8-10-12-14-16-18-20-22-24-26-28-30-32-34-36-37-38-39-40-41-42-43-45-47-49-51-53-55-57-59-61-63-65-67-69-71-73-80(85)91-78(77-90-82(81(86)87)88-75-74-83(3,4)5)76-89-79(84)72-70-68-66-64-62-60-58-56-54-52-50-48-46-44-35-33-31-29-27-25-23-21-19-17-15-13-11-9-7-2/h8,10,14,16,20,22,25-28,78,82H,6-7,9,11-13,15,17-19,21,23-24,29-77H2,1-5H3/p+1/b10-8-,16-14-,22-20-,27-25-,28-26-. The summed E-state index contributed by atoms with van der Waals surface area (Å²) >= 11 is 0. The van der Waals surface area contributed by atoms with Gasteiger partial charge in [-0.3, -0.25) is 9.59 Å². The van der Waals surface area contributed by atoms with Gasteiger partial charge in [-0.15, -0.1) is 0 Å². The van der Waals surface area contributed by atoms with Crippen molar-refractivity contribution in [3.05, 3.63) is 60.8 Å². The maximum absolute atomic E-state index is 13.0. The summed E-state index contributed by atoms with van der Waals surface area (Å²) in [6, 6.07) is 0. The van der Waals surface area contributed by atoms with Crippen LogP contribution < -0.4 is 0 Å². The lowest BCUT2D eigenvalue weighted by atomic mass is 10.0. The van der Waals surface area contributed by atoms with Crippen molar-refractivity contribution in [1.29, 1.82) is 0 Å². The average Bonchev–Trinajstić information content (AvgIpc) is 3.50. The largest absolute Gasteiger partial charge is 0.477 e. The molecule has 0 rings (SSSR count). The molecule has 0 spiro atoms. The Morgan fingerprint density at radius 2 is 0.626 bits per heavy atom. The number of carboxylic acid groups (broad SMARTS) is 1. The monoisotopic (exact) mass is 1280 g/mol. The molecule has 0 saturated carbocycles. The Morgan fingerprint density at radius 1 is 0.341 bits per heavy atom. The highest BCUT2D eigenvalue weighted by molar-refractivity contribution is 5.71. The summed E-state index contributed by atoms with van der Waals surface area (Å²) < 4.78 is 23.1. The van der Waals surface area contributed by atoms with Crippen molar-refractivity contribution >= 4 is 17.9 Å². The normalized spacial score (nSPS) is 12.9. The molecule has 2 unspecified atom stereocenters. The Hall–Kier alpha value is -3.01. The van der Waals surface area contributed by atoms with Crippen LogP contribution in [0, 0.1) is 0 Å². The first kappa shape index (κ1) is 88.0. The maximum Gasteiger partial charge on any atom is 0.361 e. The van der Waals surface area contributed by atoms with Gasteiger partial charge in [-0.2, -0.15) is 0 Å². The quantitative estimate of drug-likeness (QED) is 0.0211. The van der Waals surface area contributed by atoms with Gasteiger partial charge in [0.1, 0.15) is 13.2 Å². The Balaban J connectivity index is 3.98. The minimum atomic E-state index is -1.51. The van der Waals surface area contributed by atoms with Crippen molar-refractivity contribution in [3.8, 4) is 0 Å². The summed E-state index contributed by atoms with van der Waals surface area (Å²) in [4.78, 5) is 37.7. The molecule has 0 amide bonds. The number of aliphatic carboxylic acids is 1. The zero-order valence-corrected chi connectivity index (χ0v) is 61.0. The Bertz CT molecular complexity index is 1680. The van der Waals surface area contributed by atoms with E-state index < -0.39 is 18.4 Å². The van der Waals surface area contributed by atoms with Crippen LogP contribution in [0.1, 0.15) is 386 Å². The third-order valence-electron chi connectivity index (χ3n) is 17.8. The molecule has 532 valence electrons. The Morgan fingerprint density at radius 3 is 0.945 bits per heavy atom. The predicted octanol–water partition coefficient (Wildman–Crippen LogP) is 25.0. The molecule has 0 heterocycles. The number of hydrogen-bond donors (Lipinski definition) is 1. The molecule has 0 aromatic carbocycles. The molecule has 0 aromatic rings. The molecule has 0 saturated heterocycles. The van der Waals surface area contributed by atoms with Crippen molar-refractivity contribution < 1.29 is 42.9 Å². The molecule has 9 heteroatoms. The Labute approximate surface area is 565 Å². The number of quaternary nitrogens is 1. The van der Waals surface area contributed by atoms with Gasteiger partial charge in [-0.25, -0.2) is 4.79 Å². The van der Waals surface area contributed by atoms with E-state index in [1.54, 1.807) is 0 Å². The SMILES string of the molecule is CC/C=C\C/C=C\C/C=C\C/C=C\CCCCCCCCCCCCCCCCCCCCCCCCCCC(=O)OC(COC(=O)CCCCCCCCCCCCCCCCCCC/C=C\CCCCCCCCCC)COC(OCC[N+](C)(C)C)C(=O)O. The molecular formula is C82H152NO8+. The summed E-state index contributed by atoms with van der Waals surface area (Å²) in [7, 11) is 6.00. The lowest BCUT2D eigenvalue weighted by molar-refractivity contribution is -0.870. The number of likely N-dealkylation sites (N-methyl/N-ethyl adjacent to an activating group) is 1. The van der Waals surface area contributed by atoms with Gasteiger partial charge in [0.25, 0.3) is 6.29 Å².